The summed E-state index contributed by atoms with van der Waals surface area (Å²) in [5, 5.41) is 3.01. The number of halogens is 2. The number of sulfonamides is 2. The van der Waals surface area contributed by atoms with E-state index >= 15 is 0 Å². The first-order valence-corrected chi connectivity index (χ1v) is 15.6. The lowest BCUT2D eigenvalue weighted by molar-refractivity contribution is 0.102. The number of anilines is 3. The van der Waals surface area contributed by atoms with Crippen molar-refractivity contribution >= 4 is 66.2 Å². The molecule has 0 unspecified atom stereocenters. The Kier molecular flexibility index (Phi) is 8.46. The minimum Gasteiger partial charge on any atom is -0.322 e. The molecule has 4 aromatic carbocycles. The summed E-state index contributed by atoms with van der Waals surface area (Å²) in [6, 6.07) is 19.6. The Balaban J connectivity index is 1.51. The molecule has 0 bridgehead atoms. The van der Waals surface area contributed by atoms with Gasteiger partial charge in [0.15, 0.2) is 0 Å². The van der Waals surface area contributed by atoms with E-state index in [1.54, 1.807) is 37.3 Å². The maximum Gasteiger partial charge on any atom is 0.263 e. The molecule has 1 amide bonds. The zero-order valence-corrected chi connectivity index (χ0v) is 24.8. The Labute approximate surface area is 243 Å². The minimum absolute atomic E-state index is 0.0257. The molecule has 4 aromatic rings. The van der Waals surface area contributed by atoms with E-state index in [1.165, 1.54) is 42.5 Å². The molecule has 0 aromatic heterocycles. The van der Waals surface area contributed by atoms with Gasteiger partial charge in [0, 0.05) is 22.0 Å². The van der Waals surface area contributed by atoms with Crippen molar-refractivity contribution < 1.29 is 21.6 Å². The standard InChI is InChI=1S/C28H25Cl2N3O5S2/c1-17-13-18(2)15-22(14-17)32-40(37,38)27-16-20(7-12-25(27)30)28(34)31-21-8-10-23(11-9-21)39(35,36)33-26-6-4-5-24(29)19(26)3/h4-16,32-33H,1-3H3,(H,31,34). The van der Waals surface area contributed by atoms with Gasteiger partial charge in [-0.2, -0.15) is 0 Å². The van der Waals surface area contributed by atoms with Crippen LogP contribution in [0.25, 0.3) is 0 Å². The monoisotopic (exact) mass is 617 g/mol. The van der Waals surface area contributed by atoms with Gasteiger partial charge < -0.3 is 5.32 Å². The van der Waals surface area contributed by atoms with Gasteiger partial charge >= 0.3 is 0 Å². The number of aryl methyl sites for hydroxylation is 2. The maximum atomic E-state index is 13.1. The van der Waals surface area contributed by atoms with Crippen LogP contribution < -0.4 is 14.8 Å². The molecule has 4 rings (SSSR count). The van der Waals surface area contributed by atoms with Crippen molar-refractivity contribution in [2.75, 3.05) is 14.8 Å². The number of carbonyl (C=O) groups excluding carboxylic acids is 1. The summed E-state index contributed by atoms with van der Waals surface area (Å²) in [5.41, 5.74) is 3.42. The van der Waals surface area contributed by atoms with Crippen molar-refractivity contribution in [2.45, 2.75) is 30.6 Å². The second-order valence-corrected chi connectivity index (χ2v) is 13.3. The summed E-state index contributed by atoms with van der Waals surface area (Å²) < 4.78 is 56.8. The predicted octanol–water partition coefficient (Wildman–Crippen LogP) is 6.77. The number of carbonyl (C=O) groups is 1. The summed E-state index contributed by atoms with van der Waals surface area (Å²) in [6.07, 6.45) is 0. The summed E-state index contributed by atoms with van der Waals surface area (Å²) in [6.45, 7) is 5.40. The first kappa shape index (κ1) is 29.4. The van der Waals surface area contributed by atoms with E-state index in [4.69, 9.17) is 23.2 Å². The number of rotatable bonds is 8. The van der Waals surface area contributed by atoms with Crippen LogP contribution in [0.1, 0.15) is 27.0 Å². The molecule has 40 heavy (non-hydrogen) atoms. The Bertz CT molecular complexity index is 1810. The van der Waals surface area contributed by atoms with Crippen molar-refractivity contribution in [1.29, 1.82) is 0 Å². The van der Waals surface area contributed by atoms with Gasteiger partial charge in [-0.05, 0) is 104 Å². The lowest BCUT2D eigenvalue weighted by Gasteiger charge is -2.13. The number of hydrogen-bond donors (Lipinski definition) is 3. The molecule has 0 aliphatic carbocycles. The molecular formula is C28H25Cl2N3O5S2. The Morgan fingerprint density at radius 1 is 0.675 bits per heavy atom. The normalized spacial score (nSPS) is 11.6. The minimum atomic E-state index is -4.10. The third kappa shape index (κ3) is 6.76. The van der Waals surface area contributed by atoms with Gasteiger partial charge in [0.1, 0.15) is 4.90 Å². The van der Waals surface area contributed by atoms with Crippen molar-refractivity contribution in [1.82, 2.24) is 0 Å². The highest BCUT2D eigenvalue weighted by Crippen LogP contribution is 2.28. The van der Waals surface area contributed by atoms with Gasteiger partial charge in [-0.15, -0.1) is 0 Å². The van der Waals surface area contributed by atoms with Crippen LogP contribution >= 0.6 is 23.2 Å². The molecule has 0 atom stereocenters. The van der Waals surface area contributed by atoms with Gasteiger partial charge in [0.05, 0.1) is 15.6 Å². The van der Waals surface area contributed by atoms with E-state index in [1.807, 2.05) is 19.9 Å². The average molecular weight is 619 g/mol. The smallest absolute Gasteiger partial charge is 0.263 e. The van der Waals surface area contributed by atoms with Gasteiger partial charge in [-0.3, -0.25) is 14.2 Å². The van der Waals surface area contributed by atoms with Crippen LogP contribution in [-0.4, -0.2) is 22.7 Å². The second kappa shape index (κ2) is 11.5. The summed E-state index contributed by atoms with van der Waals surface area (Å²) in [5.74, 6) is -0.609. The van der Waals surface area contributed by atoms with E-state index in [-0.39, 0.29) is 20.4 Å². The SMILES string of the molecule is Cc1cc(C)cc(NS(=O)(=O)c2cc(C(=O)Nc3ccc(S(=O)(=O)Nc4cccc(Cl)c4C)cc3)ccc2Cl)c1. The van der Waals surface area contributed by atoms with Crippen LogP contribution in [0.5, 0.6) is 0 Å². The van der Waals surface area contributed by atoms with Crippen LogP contribution in [0.3, 0.4) is 0 Å². The predicted molar refractivity (Wildman–Crippen MR) is 160 cm³/mol. The first-order chi connectivity index (χ1) is 18.7. The second-order valence-electron chi connectivity index (χ2n) is 9.12. The molecule has 0 aliphatic rings. The van der Waals surface area contributed by atoms with E-state index < -0.39 is 26.0 Å². The fourth-order valence-electron chi connectivity index (χ4n) is 3.94. The molecule has 12 heteroatoms. The molecule has 0 spiro atoms. The van der Waals surface area contributed by atoms with E-state index in [0.717, 1.165) is 11.1 Å². The van der Waals surface area contributed by atoms with Crippen LogP contribution in [0.2, 0.25) is 10.0 Å². The van der Waals surface area contributed by atoms with Crippen LogP contribution in [0.15, 0.2) is 88.7 Å². The van der Waals surface area contributed by atoms with Gasteiger partial charge in [0.25, 0.3) is 26.0 Å². The molecule has 8 nitrogen and oxygen atoms in total. The summed E-state index contributed by atoms with van der Waals surface area (Å²) in [7, 11) is -8.02. The van der Waals surface area contributed by atoms with E-state index in [9.17, 15) is 21.6 Å². The largest absolute Gasteiger partial charge is 0.322 e. The molecule has 0 saturated heterocycles. The average Bonchev–Trinajstić information content (AvgIpc) is 2.86. The third-order valence-corrected chi connectivity index (χ3v) is 9.55. The Morgan fingerprint density at radius 2 is 1.32 bits per heavy atom. The van der Waals surface area contributed by atoms with Crippen LogP contribution in [0, 0.1) is 20.8 Å². The van der Waals surface area contributed by atoms with Crippen molar-refractivity contribution in [3.63, 3.8) is 0 Å². The Morgan fingerprint density at radius 3 is 1.98 bits per heavy atom. The fraction of sp³-hybridized carbons (Fsp3) is 0.107. The van der Waals surface area contributed by atoms with Crippen LogP contribution in [-0.2, 0) is 20.0 Å². The summed E-state index contributed by atoms with van der Waals surface area (Å²) >= 11 is 12.3. The molecule has 3 N–H and O–H groups in total. The van der Waals surface area contributed by atoms with Gasteiger partial charge in [-0.25, -0.2) is 16.8 Å². The zero-order chi connectivity index (χ0) is 29.2. The van der Waals surface area contributed by atoms with Gasteiger partial charge in [-0.1, -0.05) is 35.3 Å². The zero-order valence-electron chi connectivity index (χ0n) is 21.6. The number of hydrogen-bond acceptors (Lipinski definition) is 5. The highest BCUT2D eigenvalue weighted by atomic mass is 35.5. The molecular weight excluding hydrogens is 593 g/mol. The number of benzene rings is 4. The van der Waals surface area contributed by atoms with Crippen molar-refractivity contribution in [2.24, 2.45) is 0 Å². The maximum absolute atomic E-state index is 13.1. The lowest BCUT2D eigenvalue weighted by atomic mass is 10.1. The number of nitrogens with one attached hydrogen (secondary N) is 3. The summed E-state index contributed by atoms with van der Waals surface area (Å²) in [4.78, 5) is 12.6. The fourth-order valence-corrected chi connectivity index (χ4v) is 6.80. The topological polar surface area (TPSA) is 121 Å². The highest BCUT2D eigenvalue weighted by Gasteiger charge is 2.21. The molecule has 0 aliphatic heterocycles. The quantitative estimate of drug-likeness (QED) is 0.201. The van der Waals surface area contributed by atoms with Crippen molar-refractivity contribution in [3.8, 4) is 0 Å². The van der Waals surface area contributed by atoms with Gasteiger partial charge in [0.2, 0.25) is 0 Å². The van der Waals surface area contributed by atoms with Crippen LogP contribution in [0.4, 0.5) is 17.1 Å². The Hall–Kier alpha value is -3.57. The highest BCUT2D eigenvalue weighted by molar-refractivity contribution is 7.93. The molecule has 208 valence electrons. The first-order valence-electron chi connectivity index (χ1n) is 11.9. The van der Waals surface area contributed by atoms with Crippen molar-refractivity contribution in [3.05, 3.63) is 111 Å². The molecule has 0 heterocycles. The molecule has 0 saturated carbocycles. The molecule has 0 fully saturated rings. The third-order valence-electron chi connectivity index (χ3n) is 5.89. The molecule has 0 radical (unpaired) electrons. The van der Waals surface area contributed by atoms with E-state index in [2.05, 4.69) is 14.8 Å². The number of amides is 1. The van der Waals surface area contributed by atoms with E-state index in [0.29, 0.717) is 27.6 Å². The lowest BCUT2D eigenvalue weighted by Crippen LogP contribution is -2.17.